The fourth-order valence-corrected chi connectivity index (χ4v) is 5.47. The molecule has 0 saturated heterocycles. The Morgan fingerprint density at radius 1 is 1.03 bits per heavy atom. The summed E-state index contributed by atoms with van der Waals surface area (Å²) < 4.78 is 18.0. The first-order valence-corrected chi connectivity index (χ1v) is 13.0. The number of halogens is 3. The lowest BCUT2D eigenvalue weighted by Gasteiger charge is -2.13. The Labute approximate surface area is 238 Å². The van der Waals surface area contributed by atoms with E-state index in [0.29, 0.717) is 35.1 Å². The average molecular weight is 726 g/mol. The molecule has 10 heteroatoms. The molecule has 0 aliphatic carbocycles. The molecule has 0 heterocycles. The van der Waals surface area contributed by atoms with E-state index in [1.165, 1.54) is 20.3 Å². The number of anilines is 1. The van der Waals surface area contributed by atoms with E-state index in [1.807, 2.05) is 47.7 Å². The number of carbonyl (C=O) groups is 2. The SMILES string of the molecule is COc1ccc(C(=O)Oc2c(I)cc(/C=C(\C#N)C(=O)Nc3c(Br)cc(C)cc3Br)cc2OC)cc1. The van der Waals surface area contributed by atoms with Crippen LogP contribution in [0.1, 0.15) is 21.5 Å². The van der Waals surface area contributed by atoms with Gasteiger partial charge in [0.05, 0.1) is 29.0 Å². The van der Waals surface area contributed by atoms with E-state index in [2.05, 4.69) is 37.2 Å². The van der Waals surface area contributed by atoms with Gasteiger partial charge >= 0.3 is 5.97 Å². The minimum absolute atomic E-state index is 0.116. The zero-order chi connectivity index (χ0) is 26.4. The molecular weight excluding hydrogens is 707 g/mol. The van der Waals surface area contributed by atoms with Gasteiger partial charge in [-0.25, -0.2) is 4.79 Å². The largest absolute Gasteiger partial charge is 0.497 e. The number of aryl methyl sites for hydroxylation is 1. The van der Waals surface area contributed by atoms with Crippen LogP contribution in [0, 0.1) is 21.8 Å². The quantitative estimate of drug-likeness (QED) is 0.0936. The number of nitriles is 1. The fourth-order valence-electron chi connectivity index (χ4n) is 3.12. The zero-order valence-corrected chi connectivity index (χ0v) is 24.6. The Hall–Kier alpha value is -2.88. The van der Waals surface area contributed by atoms with Gasteiger partial charge in [0.25, 0.3) is 5.91 Å². The first-order valence-electron chi connectivity index (χ1n) is 10.3. The highest BCUT2D eigenvalue weighted by Gasteiger charge is 2.19. The maximum atomic E-state index is 12.8. The predicted octanol–water partition coefficient (Wildman–Crippen LogP) is 6.91. The minimum atomic E-state index is -0.577. The van der Waals surface area contributed by atoms with Gasteiger partial charge < -0.3 is 19.5 Å². The predicted molar refractivity (Wildman–Crippen MR) is 152 cm³/mol. The van der Waals surface area contributed by atoms with Crippen molar-refractivity contribution in [1.82, 2.24) is 0 Å². The van der Waals surface area contributed by atoms with Crippen molar-refractivity contribution in [3.63, 3.8) is 0 Å². The topological polar surface area (TPSA) is 97.7 Å². The van der Waals surface area contributed by atoms with Gasteiger partial charge in [-0.2, -0.15) is 5.26 Å². The third-order valence-corrected chi connectivity index (χ3v) is 6.93. The van der Waals surface area contributed by atoms with Crippen LogP contribution >= 0.6 is 54.5 Å². The minimum Gasteiger partial charge on any atom is -0.497 e. The van der Waals surface area contributed by atoms with Gasteiger partial charge in [0.2, 0.25) is 0 Å². The van der Waals surface area contributed by atoms with Gasteiger partial charge in [-0.1, -0.05) is 0 Å². The van der Waals surface area contributed by atoms with Crippen LogP contribution in [-0.4, -0.2) is 26.1 Å². The highest BCUT2D eigenvalue weighted by atomic mass is 127. The average Bonchev–Trinajstić information content (AvgIpc) is 2.85. The number of amides is 1. The molecular formula is C26H19Br2IN2O5. The van der Waals surface area contributed by atoms with Gasteiger partial charge in [-0.15, -0.1) is 0 Å². The number of ether oxygens (including phenoxy) is 3. The molecule has 0 saturated carbocycles. The first kappa shape index (κ1) is 27.7. The monoisotopic (exact) mass is 724 g/mol. The van der Waals surface area contributed by atoms with Crippen molar-refractivity contribution in [3.8, 4) is 23.3 Å². The number of methoxy groups -OCH3 is 2. The Balaban J connectivity index is 1.87. The molecule has 0 fully saturated rings. The van der Waals surface area contributed by atoms with Crippen molar-refractivity contribution in [2.45, 2.75) is 6.92 Å². The number of esters is 1. The van der Waals surface area contributed by atoms with Gasteiger partial charge in [0.15, 0.2) is 11.5 Å². The van der Waals surface area contributed by atoms with E-state index in [-0.39, 0.29) is 17.1 Å². The second-order valence-electron chi connectivity index (χ2n) is 7.38. The van der Waals surface area contributed by atoms with Gasteiger partial charge in [-0.05, 0) is 127 Å². The summed E-state index contributed by atoms with van der Waals surface area (Å²) in [6, 6.07) is 15.4. The molecule has 0 unspecified atom stereocenters. The molecule has 3 aromatic carbocycles. The smallest absolute Gasteiger partial charge is 0.343 e. The molecule has 0 spiro atoms. The molecule has 0 atom stereocenters. The van der Waals surface area contributed by atoms with Crippen LogP contribution in [0.15, 0.2) is 63.0 Å². The van der Waals surface area contributed by atoms with Gasteiger partial charge in [0.1, 0.15) is 17.4 Å². The maximum absolute atomic E-state index is 12.8. The van der Waals surface area contributed by atoms with E-state index in [9.17, 15) is 14.9 Å². The zero-order valence-electron chi connectivity index (χ0n) is 19.3. The molecule has 1 amide bonds. The number of hydrogen-bond donors (Lipinski definition) is 1. The molecule has 3 aromatic rings. The molecule has 0 aromatic heterocycles. The van der Waals surface area contributed by atoms with Crippen molar-refractivity contribution in [2.24, 2.45) is 0 Å². The van der Waals surface area contributed by atoms with Crippen LogP contribution in [0.4, 0.5) is 5.69 Å². The number of nitrogens with zero attached hydrogens (tertiary/aromatic N) is 1. The molecule has 184 valence electrons. The number of nitrogens with one attached hydrogen (secondary N) is 1. The second-order valence-corrected chi connectivity index (χ2v) is 10.3. The Morgan fingerprint density at radius 2 is 1.67 bits per heavy atom. The summed E-state index contributed by atoms with van der Waals surface area (Å²) in [7, 11) is 2.98. The summed E-state index contributed by atoms with van der Waals surface area (Å²) in [5.41, 5.74) is 2.26. The normalized spacial score (nSPS) is 10.9. The summed E-state index contributed by atoms with van der Waals surface area (Å²) in [5, 5.41) is 12.4. The fraction of sp³-hybridized carbons (Fsp3) is 0.115. The first-order chi connectivity index (χ1) is 17.2. The lowest BCUT2D eigenvalue weighted by molar-refractivity contribution is -0.112. The molecule has 0 bridgehead atoms. The molecule has 0 aliphatic rings. The van der Waals surface area contributed by atoms with E-state index in [0.717, 1.165) is 5.56 Å². The summed E-state index contributed by atoms with van der Waals surface area (Å²) in [4.78, 5) is 25.5. The summed E-state index contributed by atoms with van der Waals surface area (Å²) in [6.07, 6.45) is 1.44. The Morgan fingerprint density at radius 3 is 2.22 bits per heavy atom. The van der Waals surface area contributed by atoms with Crippen molar-refractivity contribution >= 4 is 78.1 Å². The van der Waals surface area contributed by atoms with Crippen LogP contribution in [0.2, 0.25) is 0 Å². The Bertz CT molecular complexity index is 1380. The highest BCUT2D eigenvalue weighted by Crippen LogP contribution is 2.36. The van der Waals surface area contributed by atoms with Crippen molar-refractivity contribution in [2.75, 3.05) is 19.5 Å². The second kappa shape index (κ2) is 12.4. The lowest BCUT2D eigenvalue weighted by atomic mass is 10.1. The number of hydrogen-bond acceptors (Lipinski definition) is 6. The molecule has 7 nitrogen and oxygen atoms in total. The molecule has 1 N–H and O–H groups in total. The van der Waals surface area contributed by atoms with Gasteiger partial charge in [-0.3, -0.25) is 4.79 Å². The third kappa shape index (κ3) is 6.66. The number of carbonyl (C=O) groups excluding carboxylic acids is 2. The Kier molecular flexibility index (Phi) is 9.53. The molecule has 0 radical (unpaired) electrons. The van der Waals surface area contributed by atoms with Crippen molar-refractivity contribution in [3.05, 3.63) is 83.3 Å². The van der Waals surface area contributed by atoms with Crippen molar-refractivity contribution in [1.29, 1.82) is 5.26 Å². The van der Waals surface area contributed by atoms with E-state index in [1.54, 1.807) is 36.4 Å². The lowest BCUT2D eigenvalue weighted by Crippen LogP contribution is -2.14. The standard InChI is InChI=1S/C26H19Br2IN2O5/c1-14-8-19(27)23(20(28)9-14)31-25(32)17(13-30)10-15-11-21(29)24(22(12-15)35-3)36-26(33)16-4-6-18(34-2)7-5-16/h4-12H,1-3H3,(H,31,32)/b17-10+. The molecule has 0 aliphatic heterocycles. The van der Waals surface area contributed by atoms with E-state index >= 15 is 0 Å². The number of rotatable bonds is 7. The summed E-state index contributed by atoms with van der Waals surface area (Å²) >= 11 is 8.87. The summed E-state index contributed by atoms with van der Waals surface area (Å²) in [6.45, 7) is 1.93. The highest BCUT2D eigenvalue weighted by molar-refractivity contribution is 14.1. The van der Waals surface area contributed by atoms with Gasteiger partial charge in [0, 0.05) is 8.95 Å². The van der Waals surface area contributed by atoms with E-state index < -0.39 is 11.9 Å². The van der Waals surface area contributed by atoms with Crippen LogP contribution in [0.25, 0.3) is 6.08 Å². The van der Waals surface area contributed by atoms with Crippen LogP contribution in [0.5, 0.6) is 17.2 Å². The van der Waals surface area contributed by atoms with Crippen LogP contribution in [0.3, 0.4) is 0 Å². The molecule has 3 rings (SSSR count). The maximum Gasteiger partial charge on any atom is 0.343 e. The van der Waals surface area contributed by atoms with Crippen molar-refractivity contribution < 1.29 is 23.8 Å². The number of benzene rings is 3. The third-order valence-electron chi connectivity index (χ3n) is 4.87. The van der Waals surface area contributed by atoms with Crippen LogP contribution in [-0.2, 0) is 4.79 Å². The van der Waals surface area contributed by atoms with E-state index in [4.69, 9.17) is 14.2 Å². The van der Waals surface area contributed by atoms with Crippen LogP contribution < -0.4 is 19.5 Å². The molecule has 36 heavy (non-hydrogen) atoms. The summed E-state index contributed by atoms with van der Waals surface area (Å²) in [5.74, 6) is -0.0206.